The number of hydrogen-bond donors (Lipinski definition) is 0. The van der Waals surface area contributed by atoms with E-state index < -0.39 is 29.1 Å². The Morgan fingerprint density at radius 2 is 1.57 bits per heavy atom. The highest BCUT2D eigenvalue weighted by Crippen LogP contribution is 2.39. The first-order valence-corrected chi connectivity index (χ1v) is 11.5. The number of rotatable bonds is 4. The number of benzene rings is 3. The zero-order valence-electron chi connectivity index (χ0n) is 20.9. The molecule has 0 saturated carbocycles. The molecule has 0 unspecified atom stereocenters. The molecule has 0 saturated heterocycles. The summed E-state index contributed by atoms with van der Waals surface area (Å²) in [7, 11) is 0. The molecule has 37 heavy (non-hydrogen) atoms. The van der Waals surface area contributed by atoms with Crippen molar-refractivity contribution in [1.82, 2.24) is 0 Å². The van der Waals surface area contributed by atoms with Gasteiger partial charge in [0, 0.05) is 6.07 Å². The summed E-state index contributed by atoms with van der Waals surface area (Å²) in [6.45, 7) is 9.52. The van der Waals surface area contributed by atoms with Gasteiger partial charge in [-0.05, 0) is 66.3 Å². The van der Waals surface area contributed by atoms with Gasteiger partial charge >= 0.3 is 12.1 Å². The molecule has 192 valence electrons. The largest absolute Gasteiger partial charge is 0.453 e. The fourth-order valence-corrected chi connectivity index (χ4v) is 3.70. The van der Waals surface area contributed by atoms with Crippen molar-refractivity contribution in [3.63, 3.8) is 0 Å². The Bertz CT molecular complexity index is 1540. The number of ether oxygens (including phenoxy) is 2. The van der Waals surface area contributed by atoms with E-state index in [1.807, 2.05) is 32.9 Å². The van der Waals surface area contributed by atoms with Crippen molar-refractivity contribution in [3.05, 3.63) is 98.9 Å². The molecule has 0 bridgehead atoms. The molecule has 4 rings (SSSR count). The van der Waals surface area contributed by atoms with Gasteiger partial charge < -0.3 is 13.9 Å². The maximum absolute atomic E-state index is 13.9. The van der Waals surface area contributed by atoms with Gasteiger partial charge in [0.2, 0.25) is 11.2 Å². The molecule has 0 amide bonds. The van der Waals surface area contributed by atoms with Crippen LogP contribution in [0.2, 0.25) is 0 Å². The summed E-state index contributed by atoms with van der Waals surface area (Å²) in [6, 6.07) is 15.5. The Hall–Kier alpha value is -4.07. The molecule has 0 spiro atoms. The summed E-state index contributed by atoms with van der Waals surface area (Å²) >= 11 is 0. The molecule has 0 N–H and O–H groups in total. The first-order valence-electron chi connectivity index (χ1n) is 11.5. The summed E-state index contributed by atoms with van der Waals surface area (Å²) in [6.07, 6.45) is -5.01. The Labute approximate surface area is 211 Å². The van der Waals surface area contributed by atoms with E-state index in [0.717, 1.165) is 17.2 Å². The minimum Gasteiger partial charge on any atom is -0.449 e. The molecule has 1 heterocycles. The van der Waals surface area contributed by atoms with E-state index >= 15 is 0 Å². The highest BCUT2D eigenvalue weighted by Gasteiger charge is 2.40. The molecule has 5 nitrogen and oxygen atoms in total. The summed E-state index contributed by atoms with van der Waals surface area (Å²) in [4.78, 5) is 25.7. The third-order valence-corrected chi connectivity index (χ3v) is 5.83. The van der Waals surface area contributed by atoms with Crippen LogP contribution in [0.5, 0.6) is 17.2 Å². The van der Waals surface area contributed by atoms with Crippen LogP contribution in [0.1, 0.15) is 53.6 Å². The van der Waals surface area contributed by atoms with E-state index in [2.05, 4.69) is 0 Å². The van der Waals surface area contributed by atoms with Gasteiger partial charge in [-0.25, -0.2) is 4.79 Å². The predicted octanol–water partition coefficient (Wildman–Crippen LogP) is 7.74. The summed E-state index contributed by atoms with van der Waals surface area (Å²) in [5.74, 6) is -3.20. The van der Waals surface area contributed by atoms with Crippen molar-refractivity contribution in [1.29, 1.82) is 0 Å². The third-order valence-electron chi connectivity index (χ3n) is 5.83. The lowest BCUT2D eigenvalue weighted by atomic mass is 9.87. The second-order valence-electron chi connectivity index (χ2n) is 9.83. The summed E-state index contributed by atoms with van der Waals surface area (Å²) < 4.78 is 57.6. The van der Waals surface area contributed by atoms with Gasteiger partial charge in [-0.15, -0.1) is 0 Å². The van der Waals surface area contributed by atoms with Crippen molar-refractivity contribution in [2.75, 3.05) is 0 Å². The molecule has 0 aliphatic rings. The fourth-order valence-electron chi connectivity index (χ4n) is 3.70. The maximum atomic E-state index is 13.9. The third kappa shape index (κ3) is 5.53. The van der Waals surface area contributed by atoms with Crippen molar-refractivity contribution in [3.8, 4) is 17.2 Å². The number of fused-ring (bicyclic) bond motifs is 1. The van der Waals surface area contributed by atoms with Gasteiger partial charge in [0.15, 0.2) is 0 Å². The predicted molar refractivity (Wildman–Crippen MR) is 134 cm³/mol. The van der Waals surface area contributed by atoms with Crippen molar-refractivity contribution < 1.29 is 31.9 Å². The first kappa shape index (κ1) is 26.0. The minimum absolute atomic E-state index is 0.0723. The monoisotopic (exact) mass is 510 g/mol. The van der Waals surface area contributed by atoms with E-state index in [9.17, 15) is 22.8 Å². The van der Waals surface area contributed by atoms with Gasteiger partial charge in [0.25, 0.3) is 5.76 Å². The van der Waals surface area contributed by atoms with Gasteiger partial charge in [-0.2, -0.15) is 13.2 Å². The van der Waals surface area contributed by atoms with Crippen molar-refractivity contribution >= 4 is 16.9 Å². The van der Waals surface area contributed by atoms with E-state index in [0.29, 0.717) is 5.56 Å². The second-order valence-corrected chi connectivity index (χ2v) is 9.83. The average molecular weight is 511 g/mol. The number of halogens is 3. The lowest BCUT2D eigenvalue weighted by Gasteiger charge is -2.18. The van der Waals surface area contributed by atoms with Crippen LogP contribution in [0.25, 0.3) is 11.0 Å². The molecular weight excluding hydrogens is 485 g/mol. The number of carbonyl (C=O) groups excluding carboxylic acids is 1. The Balaban J connectivity index is 1.71. The molecular formula is C29H25F3O5. The number of carbonyl (C=O) groups is 1. The van der Waals surface area contributed by atoms with E-state index in [1.54, 1.807) is 38.1 Å². The summed E-state index contributed by atoms with van der Waals surface area (Å²) in [5.41, 5.74) is 1.10. The molecule has 8 heteroatoms. The van der Waals surface area contributed by atoms with Crippen LogP contribution < -0.4 is 14.9 Å². The summed E-state index contributed by atoms with van der Waals surface area (Å²) in [5, 5.41) is -0.150. The van der Waals surface area contributed by atoms with Crippen molar-refractivity contribution in [2.45, 2.75) is 46.2 Å². The second kappa shape index (κ2) is 9.42. The van der Waals surface area contributed by atoms with Crippen LogP contribution in [0.4, 0.5) is 13.2 Å². The van der Waals surface area contributed by atoms with E-state index in [1.165, 1.54) is 18.2 Å². The number of alkyl halides is 3. The van der Waals surface area contributed by atoms with Crippen molar-refractivity contribution in [2.24, 2.45) is 0 Å². The zero-order valence-corrected chi connectivity index (χ0v) is 20.9. The van der Waals surface area contributed by atoms with Gasteiger partial charge in [-0.3, -0.25) is 4.79 Å². The Morgan fingerprint density at radius 3 is 2.19 bits per heavy atom. The molecule has 3 aromatic carbocycles. The smallest absolute Gasteiger partial charge is 0.449 e. The molecule has 0 aliphatic heterocycles. The lowest BCUT2D eigenvalue weighted by Crippen LogP contribution is -2.16. The van der Waals surface area contributed by atoms with Crippen LogP contribution in [0.3, 0.4) is 0 Å². The van der Waals surface area contributed by atoms with Crippen LogP contribution in [-0.4, -0.2) is 5.97 Å². The van der Waals surface area contributed by atoms with Crippen LogP contribution in [0.15, 0.2) is 69.9 Å². The fraction of sp³-hybridized carbons (Fsp3) is 0.241. The lowest BCUT2D eigenvalue weighted by molar-refractivity contribution is -0.154. The molecule has 4 aromatic rings. The quantitative estimate of drug-likeness (QED) is 0.208. The molecule has 0 atom stereocenters. The molecule has 0 aliphatic carbocycles. The Morgan fingerprint density at radius 1 is 0.892 bits per heavy atom. The average Bonchev–Trinajstić information content (AvgIpc) is 2.81. The van der Waals surface area contributed by atoms with E-state index in [-0.39, 0.29) is 33.4 Å². The standard InChI is InChI=1S/C29H25F3O5/c1-16-6-7-17(2)22(14-16)36-25-24(33)21-13-12-20(15-23(21)37-26(25)29(30,31)32)35-27(34)18-8-10-19(11-9-18)28(3,4)5/h6-15H,1-5H3. The molecule has 0 radical (unpaired) electrons. The SMILES string of the molecule is Cc1ccc(C)c(Oc2c(C(F)(F)F)oc3cc(OC(=O)c4ccc(C(C)(C)C)cc4)ccc3c2=O)c1. The van der Waals surface area contributed by atoms with Gasteiger partial charge in [0.05, 0.1) is 10.9 Å². The van der Waals surface area contributed by atoms with Gasteiger partial charge in [0.1, 0.15) is 17.1 Å². The normalized spacial score (nSPS) is 12.0. The number of hydrogen-bond acceptors (Lipinski definition) is 5. The van der Waals surface area contributed by atoms with Crippen LogP contribution in [-0.2, 0) is 11.6 Å². The molecule has 0 fully saturated rings. The topological polar surface area (TPSA) is 65.7 Å². The van der Waals surface area contributed by atoms with Crippen LogP contribution >= 0.6 is 0 Å². The first-order chi connectivity index (χ1) is 17.2. The highest BCUT2D eigenvalue weighted by molar-refractivity contribution is 5.91. The Kier molecular flexibility index (Phi) is 6.62. The minimum atomic E-state index is -5.01. The number of aryl methyl sites for hydroxylation is 2. The molecule has 1 aromatic heterocycles. The van der Waals surface area contributed by atoms with Crippen LogP contribution in [0, 0.1) is 13.8 Å². The zero-order chi connectivity index (χ0) is 27.1. The maximum Gasteiger partial charge on any atom is 0.453 e. The van der Waals surface area contributed by atoms with Gasteiger partial charge in [-0.1, -0.05) is 45.0 Å². The number of esters is 1. The van der Waals surface area contributed by atoms with E-state index in [4.69, 9.17) is 13.9 Å². The highest BCUT2D eigenvalue weighted by atomic mass is 19.4.